The number of hydrogen-bond donors (Lipinski definition) is 1. The lowest BCUT2D eigenvalue weighted by Crippen LogP contribution is -2.43. The van der Waals surface area contributed by atoms with Gasteiger partial charge in [0.1, 0.15) is 0 Å². The Labute approximate surface area is 192 Å². The van der Waals surface area contributed by atoms with E-state index in [4.69, 9.17) is 4.74 Å². The molecule has 0 radical (unpaired) electrons. The van der Waals surface area contributed by atoms with Gasteiger partial charge in [-0.1, -0.05) is 60.7 Å². The van der Waals surface area contributed by atoms with E-state index >= 15 is 0 Å². The molecule has 0 aliphatic carbocycles. The first kappa shape index (κ1) is 23.6. The molecule has 0 aliphatic heterocycles. The van der Waals surface area contributed by atoms with Crippen molar-refractivity contribution in [1.29, 1.82) is 0 Å². The van der Waals surface area contributed by atoms with Crippen molar-refractivity contribution in [2.24, 2.45) is 0 Å². The second kappa shape index (κ2) is 11.5. The molecule has 3 aromatic rings. The maximum absolute atomic E-state index is 11.8. The highest BCUT2D eigenvalue weighted by Crippen LogP contribution is 2.23. The molecule has 4 nitrogen and oxygen atoms in total. The van der Waals surface area contributed by atoms with E-state index in [1.165, 1.54) is 33.5 Å². The summed E-state index contributed by atoms with van der Waals surface area (Å²) < 4.78 is 5.06. The lowest BCUT2D eigenvalue weighted by atomic mass is 9.99. The van der Waals surface area contributed by atoms with Crippen molar-refractivity contribution >= 4 is 11.7 Å². The van der Waals surface area contributed by atoms with E-state index in [-0.39, 0.29) is 18.6 Å². The Morgan fingerprint density at radius 1 is 0.938 bits per heavy atom. The van der Waals surface area contributed by atoms with E-state index in [1.54, 1.807) is 0 Å². The SMILES string of the molecule is CCOC(=O)CNCC(Cc1ccc(-c2ccccc2)cc1)N(C)c1cc(C)cc(C)c1. The van der Waals surface area contributed by atoms with Crippen LogP contribution in [0.15, 0.2) is 72.8 Å². The summed E-state index contributed by atoms with van der Waals surface area (Å²) in [4.78, 5) is 14.1. The maximum Gasteiger partial charge on any atom is 0.319 e. The molecule has 0 heterocycles. The minimum atomic E-state index is -0.215. The van der Waals surface area contributed by atoms with E-state index in [0.717, 1.165) is 6.42 Å². The quantitative estimate of drug-likeness (QED) is 0.451. The highest BCUT2D eigenvalue weighted by Gasteiger charge is 2.17. The van der Waals surface area contributed by atoms with Gasteiger partial charge in [-0.2, -0.15) is 0 Å². The van der Waals surface area contributed by atoms with Gasteiger partial charge < -0.3 is 15.0 Å². The zero-order valence-electron chi connectivity index (χ0n) is 19.6. The molecule has 0 saturated heterocycles. The molecule has 3 rings (SSSR count). The summed E-state index contributed by atoms with van der Waals surface area (Å²) in [7, 11) is 2.13. The lowest BCUT2D eigenvalue weighted by molar-refractivity contribution is -0.142. The van der Waals surface area contributed by atoms with Crippen LogP contribution < -0.4 is 10.2 Å². The molecule has 0 amide bonds. The van der Waals surface area contributed by atoms with Gasteiger partial charge in [-0.05, 0) is 67.1 Å². The number of anilines is 1. The minimum absolute atomic E-state index is 0.188. The van der Waals surface area contributed by atoms with E-state index < -0.39 is 0 Å². The number of rotatable bonds is 10. The van der Waals surface area contributed by atoms with Crippen molar-refractivity contribution in [3.05, 3.63) is 89.5 Å². The number of esters is 1. The van der Waals surface area contributed by atoms with Crippen LogP contribution in [0.4, 0.5) is 5.69 Å². The van der Waals surface area contributed by atoms with Crippen LogP contribution in [-0.4, -0.2) is 38.8 Å². The fraction of sp³-hybridized carbons (Fsp3) is 0.321. The number of ether oxygens (including phenoxy) is 1. The number of nitrogens with one attached hydrogen (secondary N) is 1. The molecule has 1 atom stereocenters. The summed E-state index contributed by atoms with van der Waals surface area (Å²) in [5, 5.41) is 3.29. The van der Waals surface area contributed by atoms with Gasteiger partial charge in [-0.15, -0.1) is 0 Å². The molecule has 32 heavy (non-hydrogen) atoms. The third kappa shape index (κ3) is 6.69. The number of carbonyl (C=O) groups excluding carboxylic acids is 1. The van der Waals surface area contributed by atoms with Crippen molar-refractivity contribution in [2.75, 3.05) is 31.6 Å². The molecule has 4 heteroatoms. The number of hydrogen-bond acceptors (Lipinski definition) is 4. The average Bonchev–Trinajstić information content (AvgIpc) is 2.78. The van der Waals surface area contributed by atoms with Gasteiger partial charge in [-0.3, -0.25) is 4.79 Å². The number of nitrogens with zero attached hydrogens (tertiary/aromatic N) is 1. The zero-order valence-corrected chi connectivity index (χ0v) is 19.6. The Morgan fingerprint density at radius 3 is 2.19 bits per heavy atom. The number of benzene rings is 3. The molecule has 0 fully saturated rings. The van der Waals surface area contributed by atoms with Gasteiger partial charge in [0.2, 0.25) is 0 Å². The molecule has 3 aromatic carbocycles. The highest BCUT2D eigenvalue weighted by molar-refractivity contribution is 5.71. The van der Waals surface area contributed by atoms with Crippen LogP contribution in [0.25, 0.3) is 11.1 Å². The average molecular weight is 431 g/mol. The van der Waals surface area contributed by atoms with Gasteiger partial charge in [0.25, 0.3) is 0 Å². The van der Waals surface area contributed by atoms with Crippen molar-refractivity contribution < 1.29 is 9.53 Å². The lowest BCUT2D eigenvalue weighted by Gasteiger charge is -2.31. The number of likely N-dealkylation sites (N-methyl/N-ethyl adjacent to an activating group) is 1. The third-order valence-corrected chi connectivity index (χ3v) is 5.65. The maximum atomic E-state index is 11.8. The number of aryl methyl sites for hydroxylation is 2. The Balaban J connectivity index is 1.76. The van der Waals surface area contributed by atoms with Crippen molar-refractivity contribution in [3.8, 4) is 11.1 Å². The predicted molar refractivity (Wildman–Crippen MR) is 133 cm³/mol. The molecular formula is C28H34N2O2. The molecule has 0 aliphatic rings. The van der Waals surface area contributed by atoms with Gasteiger partial charge in [0.15, 0.2) is 0 Å². The summed E-state index contributed by atoms with van der Waals surface area (Å²) in [6.45, 7) is 7.38. The van der Waals surface area contributed by atoms with E-state index in [1.807, 2.05) is 13.0 Å². The molecule has 0 saturated carbocycles. The summed E-state index contributed by atoms with van der Waals surface area (Å²) in [5.41, 5.74) is 7.39. The van der Waals surface area contributed by atoms with Crippen LogP contribution in [0.1, 0.15) is 23.6 Å². The summed E-state index contributed by atoms with van der Waals surface area (Å²) in [5.74, 6) is -0.215. The number of carbonyl (C=O) groups is 1. The van der Waals surface area contributed by atoms with Crippen molar-refractivity contribution in [1.82, 2.24) is 5.32 Å². The van der Waals surface area contributed by atoms with E-state index in [9.17, 15) is 4.79 Å². The topological polar surface area (TPSA) is 41.6 Å². The summed E-state index contributed by atoms with van der Waals surface area (Å²) in [6, 6.07) is 26.0. The first-order valence-corrected chi connectivity index (χ1v) is 11.3. The minimum Gasteiger partial charge on any atom is -0.465 e. The monoisotopic (exact) mass is 430 g/mol. The van der Waals surface area contributed by atoms with Gasteiger partial charge in [-0.25, -0.2) is 0 Å². The molecule has 1 N–H and O–H groups in total. The second-order valence-electron chi connectivity index (χ2n) is 8.31. The van der Waals surface area contributed by atoms with Crippen molar-refractivity contribution in [3.63, 3.8) is 0 Å². The molecule has 0 bridgehead atoms. The van der Waals surface area contributed by atoms with Crippen LogP contribution in [0.5, 0.6) is 0 Å². The van der Waals surface area contributed by atoms with Crippen LogP contribution in [0.2, 0.25) is 0 Å². The first-order chi connectivity index (χ1) is 15.5. The molecule has 1 unspecified atom stereocenters. The van der Waals surface area contributed by atoms with Gasteiger partial charge in [0, 0.05) is 25.3 Å². The normalized spacial score (nSPS) is 11.8. The summed E-state index contributed by atoms with van der Waals surface area (Å²) >= 11 is 0. The molecular weight excluding hydrogens is 396 g/mol. The predicted octanol–water partition coefficient (Wildman–Crippen LogP) is 5.17. The zero-order chi connectivity index (χ0) is 22.9. The fourth-order valence-electron chi connectivity index (χ4n) is 4.00. The molecule has 168 valence electrons. The first-order valence-electron chi connectivity index (χ1n) is 11.3. The Kier molecular flexibility index (Phi) is 8.46. The van der Waals surface area contributed by atoms with Gasteiger partial charge in [0.05, 0.1) is 13.2 Å². The molecule has 0 aromatic heterocycles. The largest absolute Gasteiger partial charge is 0.465 e. The van der Waals surface area contributed by atoms with Crippen LogP contribution in [0.3, 0.4) is 0 Å². The standard InChI is InChI=1S/C28H34N2O2/c1-5-32-28(31)20-29-19-27(30(4)26-16-21(2)15-22(3)17-26)18-23-11-13-25(14-12-23)24-9-7-6-8-10-24/h6-17,27,29H,5,18-20H2,1-4H3. The fourth-order valence-corrected chi connectivity index (χ4v) is 4.00. The Morgan fingerprint density at radius 2 is 1.56 bits per heavy atom. The van der Waals surface area contributed by atoms with E-state index in [2.05, 4.69) is 97.8 Å². The van der Waals surface area contributed by atoms with E-state index in [0.29, 0.717) is 13.2 Å². The molecule has 0 spiro atoms. The Bertz CT molecular complexity index is 979. The van der Waals surface area contributed by atoms with Crippen LogP contribution in [0, 0.1) is 13.8 Å². The second-order valence-corrected chi connectivity index (χ2v) is 8.31. The smallest absolute Gasteiger partial charge is 0.319 e. The van der Waals surface area contributed by atoms with Crippen molar-refractivity contribution in [2.45, 2.75) is 33.2 Å². The van der Waals surface area contributed by atoms with Crippen LogP contribution in [-0.2, 0) is 16.0 Å². The highest BCUT2D eigenvalue weighted by atomic mass is 16.5. The summed E-state index contributed by atoms with van der Waals surface area (Å²) in [6.07, 6.45) is 0.869. The third-order valence-electron chi connectivity index (χ3n) is 5.65. The van der Waals surface area contributed by atoms with Crippen LogP contribution >= 0.6 is 0 Å². The van der Waals surface area contributed by atoms with Gasteiger partial charge >= 0.3 is 5.97 Å². The Hall–Kier alpha value is -3.11.